The van der Waals surface area contributed by atoms with Gasteiger partial charge in [-0.3, -0.25) is 4.90 Å². The normalized spacial score (nSPS) is 18.8. The molecular formula is C27H29FN2O6S. The Labute approximate surface area is 216 Å². The number of halogens is 1. The molecule has 4 aromatic rings. The number of aliphatic carboxylic acids is 2. The van der Waals surface area contributed by atoms with Crippen LogP contribution in [0.15, 0.2) is 54.7 Å². The van der Waals surface area contributed by atoms with Crippen molar-refractivity contribution in [2.75, 3.05) is 19.7 Å². The van der Waals surface area contributed by atoms with Crippen LogP contribution >= 0.6 is 11.3 Å². The number of nitrogens with one attached hydrogen (secondary N) is 1. The molecule has 3 heterocycles. The van der Waals surface area contributed by atoms with Gasteiger partial charge in [0, 0.05) is 39.3 Å². The number of hydrogen-bond donors (Lipinski definition) is 4. The van der Waals surface area contributed by atoms with Crippen molar-refractivity contribution < 1.29 is 34.0 Å². The van der Waals surface area contributed by atoms with E-state index in [4.69, 9.17) is 24.5 Å². The van der Waals surface area contributed by atoms with Gasteiger partial charge in [-0.2, -0.15) is 0 Å². The fraction of sp³-hybridized carbons (Fsp3) is 0.333. The topological polar surface area (TPSA) is 123 Å². The van der Waals surface area contributed by atoms with E-state index in [9.17, 15) is 9.50 Å². The zero-order valence-corrected chi connectivity index (χ0v) is 21.1. The van der Waals surface area contributed by atoms with E-state index in [1.807, 2.05) is 36.5 Å². The van der Waals surface area contributed by atoms with Gasteiger partial charge in [-0.1, -0.05) is 12.1 Å². The van der Waals surface area contributed by atoms with Crippen LogP contribution in [0.2, 0.25) is 0 Å². The minimum absolute atomic E-state index is 0.173. The average molecular weight is 529 g/mol. The molecule has 0 bridgehead atoms. The van der Waals surface area contributed by atoms with Gasteiger partial charge in [0.25, 0.3) is 0 Å². The second kappa shape index (κ2) is 11.7. The maximum Gasteiger partial charge on any atom is 0.414 e. The van der Waals surface area contributed by atoms with Crippen LogP contribution in [0.25, 0.3) is 21.0 Å². The number of aliphatic hydroxyl groups excluding tert-OH is 1. The lowest BCUT2D eigenvalue weighted by atomic mass is 9.90. The summed E-state index contributed by atoms with van der Waals surface area (Å²) in [7, 11) is 0. The van der Waals surface area contributed by atoms with Gasteiger partial charge in [-0.05, 0) is 74.0 Å². The molecule has 2 aromatic heterocycles. The minimum atomic E-state index is -1.82. The Hall–Kier alpha value is -3.47. The van der Waals surface area contributed by atoms with Crippen molar-refractivity contribution in [3.8, 4) is 5.75 Å². The lowest BCUT2D eigenvalue weighted by Crippen LogP contribution is -2.45. The van der Waals surface area contributed by atoms with Gasteiger partial charge in [0.05, 0.1) is 0 Å². The maximum absolute atomic E-state index is 13.5. The third-order valence-electron chi connectivity index (χ3n) is 6.53. The van der Waals surface area contributed by atoms with E-state index >= 15 is 0 Å². The maximum atomic E-state index is 13.5. The molecule has 4 N–H and O–H groups in total. The van der Waals surface area contributed by atoms with Gasteiger partial charge in [-0.25, -0.2) is 14.0 Å². The number of H-pyrrole nitrogens is 1. The van der Waals surface area contributed by atoms with E-state index in [1.165, 1.54) is 10.9 Å². The monoisotopic (exact) mass is 528 g/mol. The van der Waals surface area contributed by atoms with Gasteiger partial charge in [0.2, 0.25) is 0 Å². The van der Waals surface area contributed by atoms with Gasteiger partial charge < -0.3 is 25.0 Å². The number of aromatic nitrogens is 1. The number of β-amino-alcohol motifs (C(OH)–C–C–N with tert-alkyl or cyclic N) is 1. The van der Waals surface area contributed by atoms with E-state index in [1.54, 1.807) is 17.4 Å². The van der Waals surface area contributed by atoms with Crippen LogP contribution in [0, 0.1) is 5.82 Å². The van der Waals surface area contributed by atoms with E-state index < -0.39 is 18.0 Å². The summed E-state index contributed by atoms with van der Waals surface area (Å²) in [6, 6.07) is 15.5. The van der Waals surface area contributed by atoms with Crippen LogP contribution in [0.1, 0.15) is 30.6 Å². The number of aliphatic hydroxyl groups is 1. The van der Waals surface area contributed by atoms with Crippen LogP contribution in [0.4, 0.5) is 4.39 Å². The van der Waals surface area contributed by atoms with Crippen LogP contribution < -0.4 is 4.74 Å². The number of piperidine rings is 1. The van der Waals surface area contributed by atoms with E-state index in [0.717, 1.165) is 46.1 Å². The van der Waals surface area contributed by atoms with Crippen LogP contribution in [-0.2, 0) is 9.59 Å². The largest absolute Gasteiger partial charge is 0.490 e. The Kier molecular flexibility index (Phi) is 8.42. The van der Waals surface area contributed by atoms with Crippen molar-refractivity contribution in [1.29, 1.82) is 0 Å². The number of carboxylic acids is 2. The van der Waals surface area contributed by atoms with Crippen LogP contribution in [-0.4, -0.2) is 69.0 Å². The molecule has 2 unspecified atom stereocenters. The molecule has 0 saturated carbocycles. The standard InChI is InChI=1S/C25H27FN2O2S.C2H2O4/c1-16-11-18(24-12-17-5-6-19(26)13-25(17)31-24)8-10-28(16)14-20(29)15-30-23-4-2-3-22-21(23)7-9-27-22;3-1(4)2(5)6/h2-7,9,12-13,16,18,20,27,29H,8,10-11,14-15H2,1H3;(H,3,4)(H,5,6)/t16?,18-,20?;/m0./s1. The molecule has 0 amide bonds. The first-order valence-corrected chi connectivity index (χ1v) is 12.8. The number of likely N-dealkylation sites (tertiary alicyclic amines) is 1. The highest BCUT2D eigenvalue weighted by atomic mass is 32.1. The molecule has 3 atom stereocenters. The number of nitrogens with zero attached hydrogens (tertiary/aromatic N) is 1. The van der Waals surface area contributed by atoms with Gasteiger partial charge in [0.1, 0.15) is 24.3 Å². The number of thiophene rings is 1. The van der Waals surface area contributed by atoms with E-state index in [-0.39, 0.29) is 12.4 Å². The Balaban J connectivity index is 0.000000480. The molecule has 0 spiro atoms. The minimum Gasteiger partial charge on any atom is -0.490 e. The smallest absolute Gasteiger partial charge is 0.414 e. The number of aromatic amines is 1. The highest BCUT2D eigenvalue weighted by Crippen LogP contribution is 2.38. The predicted molar refractivity (Wildman–Crippen MR) is 140 cm³/mol. The zero-order chi connectivity index (χ0) is 26.5. The highest BCUT2D eigenvalue weighted by molar-refractivity contribution is 7.19. The second-order valence-corrected chi connectivity index (χ2v) is 10.3. The molecule has 1 aliphatic rings. The molecule has 2 aromatic carbocycles. The lowest BCUT2D eigenvalue weighted by Gasteiger charge is -2.38. The molecule has 1 fully saturated rings. The first kappa shape index (κ1) is 26.6. The summed E-state index contributed by atoms with van der Waals surface area (Å²) < 4.78 is 20.5. The molecule has 37 heavy (non-hydrogen) atoms. The first-order valence-electron chi connectivity index (χ1n) is 12.0. The summed E-state index contributed by atoms with van der Waals surface area (Å²) >= 11 is 1.71. The number of hydrogen-bond acceptors (Lipinski definition) is 6. The van der Waals surface area contributed by atoms with Crippen molar-refractivity contribution in [3.63, 3.8) is 0 Å². The number of benzene rings is 2. The summed E-state index contributed by atoms with van der Waals surface area (Å²) in [6.07, 6.45) is 3.45. The highest BCUT2D eigenvalue weighted by Gasteiger charge is 2.29. The van der Waals surface area contributed by atoms with Crippen molar-refractivity contribution in [2.45, 2.75) is 37.8 Å². The SMILES string of the molecule is CC1C[C@@H](c2cc3ccc(F)cc3s2)CCN1CC(O)COc1cccc2[nH]ccc12.O=C(O)C(=O)O. The van der Waals surface area contributed by atoms with Gasteiger partial charge in [-0.15, -0.1) is 11.3 Å². The summed E-state index contributed by atoms with van der Waals surface area (Å²) in [6.45, 7) is 4.06. The third kappa shape index (κ3) is 6.65. The fourth-order valence-electron chi connectivity index (χ4n) is 4.67. The summed E-state index contributed by atoms with van der Waals surface area (Å²) in [5.41, 5.74) is 1.03. The molecule has 0 radical (unpaired) electrons. The molecule has 0 aliphatic carbocycles. The molecule has 10 heteroatoms. The van der Waals surface area contributed by atoms with E-state index in [0.29, 0.717) is 18.5 Å². The Bertz CT molecular complexity index is 1370. The van der Waals surface area contributed by atoms with Crippen molar-refractivity contribution in [1.82, 2.24) is 9.88 Å². The number of carboxylic acid groups (broad SMARTS) is 2. The molecule has 1 aliphatic heterocycles. The second-order valence-electron chi connectivity index (χ2n) is 9.17. The van der Waals surface area contributed by atoms with Gasteiger partial charge in [0.15, 0.2) is 0 Å². The van der Waals surface area contributed by atoms with Gasteiger partial charge >= 0.3 is 11.9 Å². The Morgan fingerprint density at radius 1 is 1.19 bits per heavy atom. The molecular weight excluding hydrogens is 499 g/mol. The average Bonchev–Trinajstić information content (AvgIpc) is 3.51. The zero-order valence-electron chi connectivity index (χ0n) is 20.3. The summed E-state index contributed by atoms with van der Waals surface area (Å²) in [4.78, 5) is 25.1. The Morgan fingerprint density at radius 3 is 2.70 bits per heavy atom. The summed E-state index contributed by atoms with van der Waals surface area (Å²) in [5.74, 6) is -2.53. The van der Waals surface area contributed by atoms with Crippen molar-refractivity contribution in [2.24, 2.45) is 0 Å². The lowest BCUT2D eigenvalue weighted by molar-refractivity contribution is -0.159. The number of ether oxygens (including phenoxy) is 1. The molecule has 196 valence electrons. The van der Waals surface area contributed by atoms with E-state index in [2.05, 4.69) is 22.9 Å². The molecule has 5 rings (SSSR count). The van der Waals surface area contributed by atoms with Crippen molar-refractivity contribution >= 4 is 44.3 Å². The Morgan fingerprint density at radius 2 is 1.97 bits per heavy atom. The summed E-state index contributed by atoms with van der Waals surface area (Å²) in [5, 5.41) is 27.5. The fourth-order valence-corrected chi connectivity index (χ4v) is 5.91. The molecule has 1 saturated heterocycles. The predicted octanol–water partition coefficient (Wildman–Crippen LogP) is 4.69. The molecule has 8 nitrogen and oxygen atoms in total. The van der Waals surface area contributed by atoms with Crippen LogP contribution in [0.5, 0.6) is 5.75 Å². The van der Waals surface area contributed by atoms with Crippen LogP contribution in [0.3, 0.4) is 0 Å². The number of fused-ring (bicyclic) bond motifs is 2. The number of rotatable bonds is 6. The van der Waals surface area contributed by atoms with Crippen molar-refractivity contribution in [3.05, 3.63) is 65.4 Å². The third-order valence-corrected chi connectivity index (χ3v) is 7.79. The quantitative estimate of drug-likeness (QED) is 0.268. The first-order chi connectivity index (χ1) is 17.7. The number of carbonyl (C=O) groups is 2.